The van der Waals surface area contributed by atoms with E-state index in [9.17, 15) is 9.90 Å². The second-order valence-electron chi connectivity index (χ2n) is 6.69. The van der Waals surface area contributed by atoms with E-state index in [0.717, 1.165) is 45.3 Å². The van der Waals surface area contributed by atoms with Gasteiger partial charge in [0.15, 0.2) is 0 Å². The molecule has 2 N–H and O–H groups in total. The van der Waals surface area contributed by atoms with Crippen LogP contribution < -0.4 is 5.32 Å². The van der Waals surface area contributed by atoms with Crippen LogP contribution in [0, 0.1) is 0 Å². The molecule has 5 nitrogen and oxygen atoms in total. The molecule has 1 rings (SSSR count). The zero-order valence-corrected chi connectivity index (χ0v) is 13.3. The van der Waals surface area contributed by atoms with Crippen molar-refractivity contribution in [3.8, 4) is 0 Å². The smallest absolute Gasteiger partial charge is 0.410 e. The quantitative estimate of drug-likeness (QED) is 0.760. The van der Waals surface area contributed by atoms with E-state index in [1.165, 1.54) is 0 Å². The molecular formula is C15H30N2O3. The minimum Gasteiger partial charge on any atom is -0.444 e. The van der Waals surface area contributed by atoms with Gasteiger partial charge in [-0.1, -0.05) is 0 Å². The van der Waals surface area contributed by atoms with Gasteiger partial charge < -0.3 is 20.1 Å². The Labute approximate surface area is 122 Å². The molecule has 1 heterocycles. The minimum atomic E-state index is -0.423. The van der Waals surface area contributed by atoms with Gasteiger partial charge in [-0.15, -0.1) is 0 Å². The summed E-state index contributed by atoms with van der Waals surface area (Å²) in [5, 5.41) is 12.7. The van der Waals surface area contributed by atoms with E-state index in [1.807, 2.05) is 27.7 Å². The molecule has 1 saturated heterocycles. The van der Waals surface area contributed by atoms with Crippen molar-refractivity contribution >= 4 is 6.09 Å². The van der Waals surface area contributed by atoms with Gasteiger partial charge in [0.2, 0.25) is 0 Å². The van der Waals surface area contributed by atoms with Crippen LogP contribution >= 0.6 is 0 Å². The number of hydrogen-bond donors (Lipinski definition) is 2. The summed E-state index contributed by atoms with van der Waals surface area (Å²) in [6.07, 6.45) is 3.34. The fourth-order valence-electron chi connectivity index (χ4n) is 2.30. The zero-order chi connectivity index (χ0) is 15.2. The Bertz CT molecular complexity index is 292. The first-order valence-corrected chi connectivity index (χ1v) is 7.67. The summed E-state index contributed by atoms with van der Waals surface area (Å²) in [4.78, 5) is 13.7. The lowest BCUT2D eigenvalue weighted by Crippen LogP contribution is -2.46. The molecule has 0 aliphatic carbocycles. The monoisotopic (exact) mass is 286 g/mol. The number of carbonyl (C=O) groups is 1. The van der Waals surface area contributed by atoms with Crippen LogP contribution in [-0.4, -0.2) is 53.5 Å². The van der Waals surface area contributed by atoms with Gasteiger partial charge >= 0.3 is 6.09 Å². The van der Waals surface area contributed by atoms with Crippen LogP contribution in [-0.2, 0) is 4.74 Å². The van der Waals surface area contributed by atoms with Crippen molar-refractivity contribution in [1.82, 2.24) is 10.2 Å². The SMILES string of the molecule is CC(O)CCCNC1CCN(C(=O)OC(C)(C)C)CC1. The molecule has 0 bridgehead atoms. The fraction of sp³-hybridized carbons (Fsp3) is 0.933. The number of hydrogen-bond acceptors (Lipinski definition) is 4. The van der Waals surface area contributed by atoms with Gasteiger partial charge in [-0.2, -0.15) is 0 Å². The van der Waals surface area contributed by atoms with Crippen LogP contribution in [0.5, 0.6) is 0 Å². The summed E-state index contributed by atoms with van der Waals surface area (Å²) in [6, 6.07) is 0.475. The molecule has 5 heteroatoms. The third-order valence-electron chi connectivity index (χ3n) is 3.38. The Balaban J connectivity index is 2.18. The number of rotatable bonds is 5. The molecule has 1 amide bonds. The summed E-state index contributed by atoms with van der Waals surface area (Å²) in [6.45, 7) is 9.93. The van der Waals surface area contributed by atoms with E-state index in [-0.39, 0.29) is 12.2 Å². The molecule has 0 aromatic rings. The predicted molar refractivity (Wildman–Crippen MR) is 79.7 cm³/mol. The maximum Gasteiger partial charge on any atom is 0.410 e. The summed E-state index contributed by atoms with van der Waals surface area (Å²) in [5.74, 6) is 0. The molecule has 1 fully saturated rings. The predicted octanol–water partition coefficient (Wildman–Crippen LogP) is 2.14. The number of carbonyl (C=O) groups excluding carboxylic acids is 1. The highest BCUT2D eigenvalue weighted by Crippen LogP contribution is 2.15. The number of nitrogens with zero attached hydrogens (tertiary/aromatic N) is 1. The van der Waals surface area contributed by atoms with Crippen molar-refractivity contribution in [3.05, 3.63) is 0 Å². The number of aliphatic hydroxyl groups excluding tert-OH is 1. The van der Waals surface area contributed by atoms with E-state index in [0.29, 0.717) is 6.04 Å². The van der Waals surface area contributed by atoms with Crippen molar-refractivity contribution < 1.29 is 14.6 Å². The van der Waals surface area contributed by atoms with E-state index in [2.05, 4.69) is 5.32 Å². The Hall–Kier alpha value is -0.810. The summed E-state index contributed by atoms with van der Waals surface area (Å²) >= 11 is 0. The molecule has 118 valence electrons. The largest absolute Gasteiger partial charge is 0.444 e. The number of aliphatic hydroxyl groups is 1. The number of ether oxygens (including phenoxy) is 1. The van der Waals surface area contributed by atoms with Crippen molar-refractivity contribution in [2.75, 3.05) is 19.6 Å². The van der Waals surface area contributed by atoms with Gasteiger partial charge in [-0.05, 0) is 59.9 Å². The van der Waals surface area contributed by atoms with E-state index < -0.39 is 5.60 Å². The van der Waals surface area contributed by atoms with E-state index in [4.69, 9.17) is 4.74 Å². The first kappa shape index (κ1) is 17.2. The lowest BCUT2D eigenvalue weighted by Gasteiger charge is -2.33. The summed E-state index contributed by atoms with van der Waals surface area (Å²) < 4.78 is 5.38. The molecule has 0 saturated carbocycles. The molecule has 1 aliphatic rings. The standard InChI is InChI=1S/C15H30N2O3/c1-12(18)6-5-9-16-13-7-10-17(11-8-13)14(19)20-15(2,3)4/h12-13,16,18H,5-11H2,1-4H3. The molecule has 20 heavy (non-hydrogen) atoms. The average molecular weight is 286 g/mol. The van der Waals surface area contributed by atoms with Gasteiger partial charge in [-0.25, -0.2) is 4.79 Å². The highest BCUT2D eigenvalue weighted by molar-refractivity contribution is 5.68. The maximum absolute atomic E-state index is 11.9. The number of nitrogens with one attached hydrogen (secondary N) is 1. The van der Waals surface area contributed by atoms with Crippen LogP contribution in [0.4, 0.5) is 4.79 Å². The molecule has 0 radical (unpaired) electrons. The van der Waals surface area contributed by atoms with Crippen LogP contribution in [0.25, 0.3) is 0 Å². The second-order valence-corrected chi connectivity index (χ2v) is 6.69. The molecule has 1 atom stereocenters. The lowest BCUT2D eigenvalue weighted by atomic mass is 10.1. The summed E-state index contributed by atoms with van der Waals surface area (Å²) in [5.41, 5.74) is -0.423. The number of piperidine rings is 1. The highest BCUT2D eigenvalue weighted by atomic mass is 16.6. The molecule has 0 aromatic carbocycles. The molecule has 1 aliphatic heterocycles. The molecule has 0 aromatic heterocycles. The number of likely N-dealkylation sites (tertiary alicyclic amines) is 1. The Kier molecular flexibility index (Phi) is 6.76. The lowest BCUT2D eigenvalue weighted by molar-refractivity contribution is 0.0198. The van der Waals surface area contributed by atoms with Crippen molar-refractivity contribution in [1.29, 1.82) is 0 Å². The average Bonchev–Trinajstić information content (AvgIpc) is 2.33. The normalized spacial score (nSPS) is 18.9. The van der Waals surface area contributed by atoms with Crippen LogP contribution in [0.15, 0.2) is 0 Å². The molecule has 1 unspecified atom stereocenters. The summed E-state index contributed by atoms with van der Waals surface area (Å²) in [7, 11) is 0. The number of amides is 1. The van der Waals surface area contributed by atoms with Crippen molar-refractivity contribution in [2.45, 2.75) is 71.1 Å². The molecular weight excluding hydrogens is 256 g/mol. The van der Waals surface area contributed by atoms with Gasteiger partial charge in [-0.3, -0.25) is 0 Å². The second kappa shape index (κ2) is 7.84. The van der Waals surface area contributed by atoms with Gasteiger partial charge in [0.05, 0.1) is 6.10 Å². The Morgan fingerprint density at radius 2 is 2.00 bits per heavy atom. The van der Waals surface area contributed by atoms with Gasteiger partial charge in [0.1, 0.15) is 5.60 Å². The van der Waals surface area contributed by atoms with E-state index in [1.54, 1.807) is 4.90 Å². The third kappa shape index (κ3) is 7.10. The maximum atomic E-state index is 11.9. The van der Waals surface area contributed by atoms with Crippen LogP contribution in [0.2, 0.25) is 0 Å². The van der Waals surface area contributed by atoms with Crippen molar-refractivity contribution in [3.63, 3.8) is 0 Å². The van der Waals surface area contributed by atoms with Gasteiger partial charge in [0.25, 0.3) is 0 Å². The van der Waals surface area contributed by atoms with Crippen molar-refractivity contribution in [2.24, 2.45) is 0 Å². The van der Waals surface area contributed by atoms with Gasteiger partial charge in [0, 0.05) is 19.1 Å². The Morgan fingerprint density at radius 1 is 1.40 bits per heavy atom. The van der Waals surface area contributed by atoms with E-state index >= 15 is 0 Å². The van der Waals surface area contributed by atoms with Crippen LogP contribution in [0.1, 0.15) is 53.4 Å². The Morgan fingerprint density at radius 3 is 2.50 bits per heavy atom. The fourth-order valence-corrected chi connectivity index (χ4v) is 2.30. The first-order chi connectivity index (χ1) is 9.28. The highest BCUT2D eigenvalue weighted by Gasteiger charge is 2.26. The van der Waals surface area contributed by atoms with Crippen LogP contribution in [0.3, 0.4) is 0 Å². The topological polar surface area (TPSA) is 61.8 Å². The first-order valence-electron chi connectivity index (χ1n) is 7.67. The third-order valence-corrected chi connectivity index (χ3v) is 3.38. The zero-order valence-electron chi connectivity index (χ0n) is 13.3. The molecule has 0 spiro atoms. The minimum absolute atomic E-state index is 0.204.